The SMILES string of the molecule is CCOC(=O)c1ccc(CNC(=O)c2cc(Cc3ccccc3)no2)o1. The van der Waals surface area contributed by atoms with Gasteiger partial charge in [0.05, 0.1) is 18.8 Å². The highest BCUT2D eigenvalue weighted by Gasteiger charge is 2.15. The van der Waals surface area contributed by atoms with E-state index in [1.165, 1.54) is 6.07 Å². The number of benzene rings is 1. The first-order chi connectivity index (χ1) is 12.7. The molecule has 3 rings (SSSR count). The van der Waals surface area contributed by atoms with Crippen LogP contribution in [0.15, 0.2) is 57.5 Å². The molecule has 3 aromatic rings. The Hall–Kier alpha value is -3.35. The molecule has 2 aromatic heterocycles. The zero-order chi connectivity index (χ0) is 18.4. The summed E-state index contributed by atoms with van der Waals surface area (Å²) < 4.78 is 15.3. The van der Waals surface area contributed by atoms with Gasteiger partial charge in [-0.1, -0.05) is 35.5 Å². The standard InChI is InChI=1S/C19H18N2O5/c1-2-24-19(23)16-9-8-15(25-16)12-20-18(22)17-11-14(21-26-17)10-13-6-4-3-5-7-13/h3-9,11H,2,10,12H2,1H3,(H,20,22). The Kier molecular flexibility index (Phi) is 5.48. The van der Waals surface area contributed by atoms with Crippen LogP contribution in [0.4, 0.5) is 0 Å². The van der Waals surface area contributed by atoms with Gasteiger partial charge in [0, 0.05) is 12.5 Å². The van der Waals surface area contributed by atoms with E-state index in [2.05, 4.69) is 10.5 Å². The molecule has 0 radical (unpaired) electrons. The lowest BCUT2D eigenvalue weighted by atomic mass is 10.1. The van der Waals surface area contributed by atoms with Gasteiger partial charge >= 0.3 is 5.97 Å². The van der Waals surface area contributed by atoms with Gasteiger partial charge in [-0.15, -0.1) is 0 Å². The quantitative estimate of drug-likeness (QED) is 0.656. The molecule has 0 aliphatic carbocycles. The first-order valence-electron chi connectivity index (χ1n) is 8.19. The van der Waals surface area contributed by atoms with E-state index >= 15 is 0 Å². The first-order valence-corrected chi connectivity index (χ1v) is 8.19. The normalized spacial score (nSPS) is 10.5. The van der Waals surface area contributed by atoms with E-state index in [-0.39, 0.29) is 24.7 Å². The van der Waals surface area contributed by atoms with E-state index in [0.717, 1.165) is 5.56 Å². The zero-order valence-electron chi connectivity index (χ0n) is 14.2. The van der Waals surface area contributed by atoms with Crippen LogP contribution in [0.1, 0.15) is 45.1 Å². The number of nitrogens with zero attached hydrogens (tertiary/aromatic N) is 1. The molecule has 7 nitrogen and oxygen atoms in total. The van der Waals surface area contributed by atoms with Crippen LogP contribution in [-0.2, 0) is 17.7 Å². The predicted octanol–water partition coefficient (Wildman–Crippen LogP) is 2.97. The van der Waals surface area contributed by atoms with Gasteiger partial charge in [0.2, 0.25) is 11.5 Å². The van der Waals surface area contributed by atoms with Crippen LogP contribution in [0.5, 0.6) is 0 Å². The summed E-state index contributed by atoms with van der Waals surface area (Å²) in [5, 5.41) is 6.57. The minimum Gasteiger partial charge on any atom is -0.460 e. The highest BCUT2D eigenvalue weighted by molar-refractivity contribution is 5.91. The highest BCUT2D eigenvalue weighted by Crippen LogP contribution is 2.12. The van der Waals surface area contributed by atoms with Crippen LogP contribution in [0.2, 0.25) is 0 Å². The second-order valence-corrected chi connectivity index (χ2v) is 5.51. The van der Waals surface area contributed by atoms with Gasteiger partial charge in [-0.3, -0.25) is 4.79 Å². The summed E-state index contributed by atoms with van der Waals surface area (Å²) in [6.07, 6.45) is 0.582. The van der Waals surface area contributed by atoms with Gasteiger partial charge in [0.25, 0.3) is 5.91 Å². The molecular weight excluding hydrogens is 336 g/mol. The summed E-state index contributed by atoms with van der Waals surface area (Å²) in [4.78, 5) is 23.7. The lowest BCUT2D eigenvalue weighted by Gasteiger charge is -2.00. The van der Waals surface area contributed by atoms with Gasteiger partial charge in [-0.25, -0.2) is 4.79 Å². The Bertz CT molecular complexity index is 882. The van der Waals surface area contributed by atoms with Crippen molar-refractivity contribution in [3.8, 4) is 0 Å². The number of furan rings is 1. The average Bonchev–Trinajstić information content (AvgIpc) is 3.30. The molecule has 0 saturated heterocycles. The van der Waals surface area contributed by atoms with E-state index in [9.17, 15) is 9.59 Å². The van der Waals surface area contributed by atoms with Gasteiger partial charge in [-0.2, -0.15) is 0 Å². The van der Waals surface area contributed by atoms with Crippen LogP contribution in [0.25, 0.3) is 0 Å². The van der Waals surface area contributed by atoms with Crippen LogP contribution in [0.3, 0.4) is 0 Å². The second kappa shape index (κ2) is 8.15. The fraction of sp³-hybridized carbons (Fsp3) is 0.211. The van der Waals surface area contributed by atoms with Crippen molar-refractivity contribution in [1.82, 2.24) is 10.5 Å². The topological polar surface area (TPSA) is 94.6 Å². The Morgan fingerprint density at radius 2 is 1.92 bits per heavy atom. The van der Waals surface area contributed by atoms with Crippen molar-refractivity contribution in [2.45, 2.75) is 19.9 Å². The summed E-state index contributed by atoms with van der Waals surface area (Å²) >= 11 is 0. The minimum absolute atomic E-state index is 0.0981. The first kappa shape index (κ1) is 17.5. The maximum Gasteiger partial charge on any atom is 0.374 e. The lowest BCUT2D eigenvalue weighted by molar-refractivity contribution is 0.0488. The summed E-state index contributed by atoms with van der Waals surface area (Å²) in [6, 6.07) is 14.5. The van der Waals surface area contributed by atoms with Gasteiger partial charge in [0.15, 0.2) is 0 Å². The third-order valence-electron chi connectivity index (χ3n) is 3.57. The predicted molar refractivity (Wildman–Crippen MR) is 91.6 cm³/mol. The number of ether oxygens (including phenoxy) is 1. The number of carbonyl (C=O) groups excluding carboxylic acids is 2. The van der Waals surface area contributed by atoms with Crippen LogP contribution < -0.4 is 5.32 Å². The molecule has 0 bridgehead atoms. The molecule has 134 valence electrons. The molecule has 1 aromatic carbocycles. The molecule has 1 amide bonds. The largest absolute Gasteiger partial charge is 0.460 e. The van der Waals surface area contributed by atoms with Gasteiger partial charge in [-0.05, 0) is 24.6 Å². The van der Waals surface area contributed by atoms with Crippen LogP contribution in [-0.4, -0.2) is 23.6 Å². The fourth-order valence-electron chi connectivity index (χ4n) is 2.35. The molecule has 0 unspecified atom stereocenters. The van der Waals surface area contributed by atoms with Crippen LogP contribution >= 0.6 is 0 Å². The van der Waals surface area contributed by atoms with E-state index in [1.54, 1.807) is 19.1 Å². The molecule has 0 aliphatic rings. The fourth-order valence-corrected chi connectivity index (χ4v) is 2.35. The smallest absolute Gasteiger partial charge is 0.374 e. The van der Waals surface area contributed by atoms with Gasteiger partial charge in [0.1, 0.15) is 5.76 Å². The number of hydrogen-bond acceptors (Lipinski definition) is 6. The highest BCUT2D eigenvalue weighted by atomic mass is 16.5. The third-order valence-corrected chi connectivity index (χ3v) is 3.57. The molecule has 0 atom stereocenters. The minimum atomic E-state index is -0.536. The molecule has 0 fully saturated rings. The molecule has 7 heteroatoms. The third kappa shape index (κ3) is 4.38. The number of hydrogen-bond donors (Lipinski definition) is 1. The van der Waals surface area contributed by atoms with Crippen molar-refractivity contribution in [1.29, 1.82) is 0 Å². The maximum absolute atomic E-state index is 12.1. The molecule has 0 aliphatic heterocycles. The summed E-state index contributed by atoms with van der Waals surface area (Å²) in [5.41, 5.74) is 1.75. The molecule has 1 N–H and O–H groups in total. The summed E-state index contributed by atoms with van der Waals surface area (Å²) in [6.45, 7) is 2.10. The maximum atomic E-state index is 12.1. The Morgan fingerprint density at radius 3 is 2.69 bits per heavy atom. The Labute approximate surface area is 149 Å². The molecular formula is C19H18N2O5. The van der Waals surface area contributed by atoms with Crippen molar-refractivity contribution in [3.05, 3.63) is 77.1 Å². The lowest BCUT2D eigenvalue weighted by Crippen LogP contribution is -2.22. The molecule has 2 heterocycles. The van der Waals surface area contributed by atoms with Crippen molar-refractivity contribution < 1.29 is 23.3 Å². The Balaban J connectivity index is 1.55. The van der Waals surface area contributed by atoms with Gasteiger partial charge < -0.3 is 19.0 Å². The molecule has 0 saturated carbocycles. The van der Waals surface area contributed by atoms with E-state index < -0.39 is 11.9 Å². The number of aromatic nitrogens is 1. The van der Waals surface area contributed by atoms with E-state index in [1.807, 2.05) is 30.3 Å². The van der Waals surface area contributed by atoms with Crippen molar-refractivity contribution >= 4 is 11.9 Å². The number of amides is 1. The van der Waals surface area contributed by atoms with E-state index in [0.29, 0.717) is 17.9 Å². The summed E-state index contributed by atoms with van der Waals surface area (Å²) in [7, 11) is 0. The van der Waals surface area contributed by atoms with Crippen molar-refractivity contribution in [2.75, 3.05) is 6.61 Å². The monoisotopic (exact) mass is 354 g/mol. The number of rotatable bonds is 7. The molecule has 26 heavy (non-hydrogen) atoms. The number of carbonyl (C=O) groups is 2. The van der Waals surface area contributed by atoms with Crippen molar-refractivity contribution in [3.63, 3.8) is 0 Å². The van der Waals surface area contributed by atoms with E-state index in [4.69, 9.17) is 13.7 Å². The second-order valence-electron chi connectivity index (χ2n) is 5.51. The summed E-state index contributed by atoms with van der Waals surface area (Å²) in [5.74, 6) is -0.295. The zero-order valence-corrected chi connectivity index (χ0v) is 14.2. The number of esters is 1. The average molecular weight is 354 g/mol. The van der Waals surface area contributed by atoms with Crippen LogP contribution in [0, 0.1) is 0 Å². The Morgan fingerprint density at radius 1 is 1.12 bits per heavy atom. The molecule has 0 spiro atoms. The number of nitrogens with one attached hydrogen (secondary N) is 1. The van der Waals surface area contributed by atoms with Crippen molar-refractivity contribution in [2.24, 2.45) is 0 Å².